The molecular weight excluding hydrogens is 543 g/mol. The molecule has 1 aromatic rings. The number of aliphatic hydroxyl groups excluding tert-OH is 2. The first-order valence-corrected chi connectivity index (χ1v) is 14.2. The molecule has 0 spiro atoms. The number of hydrogen-bond acceptors (Lipinski definition) is 6. The van der Waals surface area contributed by atoms with Gasteiger partial charge in [0.2, 0.25) is 11.8 Å². The molecule has 7 atom stereocenters. The molecule has 3 amide bonds. The Morgan fingerprint density at radius 1 is 1.15 bits per heavy atom. The molecule has 4 N–H and O–H groups in total. The molecule has 9 nitrogen and oxygen atoms in total. The highest BCUT2D eigenvalue weighted by molar-refractivity contribution is 5.85. The van der Waals surface area contributed by atoms with Crippen molar-refractivity contribution in [3.63, 3.8) is 0 Å². The van der Waals surface area contributed by atoms with Crippen LogP contribution in [-0.2, 0) is 20.5 Å². The van der Waals surface area contributed by atoms with E-state index < -0.39 is 40.9 Å². The third-order valence-corrected chi connectivity index (χ3v) is 9.70. The fraction of sp³-hybridized carbons (Fsp3) is 0.690. The van der Waals surface area contributed by atoms with Gasteiger partial charge in [-0.2, -0.15) is 13.2 Å². The molecular formula is C29H40F3N3O6. The first-order chi connectivity index (χ1) is 19.2. The van der Waals surface area contributed by atoms with Crippen LogP contribution in [-0.4, -0.2) is 71.0 Å². The van der Waals surface area contributed by atoms with Crippen LogP contribution in [0.25, 0.3) is 0 Å². The summed E-state index contributed by atoms with van der Waals surface area (Å²) in [5.74, 6) is -0.798. The Morgan fingerprint density at radius 2 is 1.88 bits per heavy atom. The van der Waals surface area contributed by atoms with E-state index >= 15 is 0 Å². The van der Waals surface area contributed by atoms with Gasteiger partial charge in [0.1, 0.15) is 6.10 Å². The summed E-state index contributed by atoms with van der Waals surface area (Å²) in [6, 6.07) is 4.17. The number of carbonyl (C=O) groups excluding carboxylic acids is 3. The van der Waals surface area contributed by atoms with Crippen molar-refractivity contribution in [2.24, 2.45) is 22.7 Å². The lowest BCUT2D eigenvalue weighted by atomic mass is 9.46. The van der Waals surface area contributed by atoms with Crippen LogP contribution in [0, 0.1) is 22.7 Å². The second kappa shape index (κ2) is 11.8. The van der Waals surface area contributed by atoms with Gasteiger partial charge in [0.15, 0.2) is 0 Å². The fourth-order valence-electron chi connectivity index (χ4n) is 7.54. The minimum Gasteiger partial charge on any atom is -0.445 e. The van der Waals surface area contributed by atoms with Gasteiger partial charge in [-0.15, -0.1) is 0 Å². The number of alkyl halides is 3. The van der Waals surface area contributed by atoms with Crippen molar-refractivity contribution in [2.45, 2.75) is 83.7 Å². The largest absolute Gasteiger partial charge is 0.445 e. The number of halogens is 3. The maximum Gasteiger partial charge on any atom is 0.416 e. The Hall–Kier alpha value is -2.86. The summed E-state index contributed by atoms with van der Waals surface area (Å²) < 4.78 is 45.0. The molecule has 1 heterocycles. The van der Waals surface area contributed by atoms with Gasteiger partial charge in [-0.25, -0.2) is 4.79 Å². The van der Waals surface area contributed by atoms with E-state index in [1.165, 1.54) is 19.1 Å². The van der Waals surface area contributed by atoms with E-state index in [-0.39, 0.29) is 48.4 Å². The Bertz CT molecular complexity index is 1150. The highest BCUT2D eigenvalue weighted by atomic mass is 19.4. The van der Waals surface area contributed by atoms with E-state index in [0.29, 0.717) is 45.2 Å². The standard InChI is InChI=1S/C29H40F3N3O6/c1-17(37)33-20-10-12-35(15-20)25(39)14-21-22(38)7-8-23-27(21,2)11-9-24(28(23,3)16-36)41-26(40)34-19-6-4-5-18(13-19)29(30,31)32/h4-6,13,20-24,36,38H,7-12,14-16H2,1-3H3,(H,33,37)(H,34,40)/t20-,21+,22+,23-,24+,27-,28-/m0/s1. The number of fused-ring (bicyclic) bond motifs is 1. The minimum atomic E-state index is -4.56. The van der Waals surface area contributed by atoms with Crippen LogP contribution in [0.4, 0.5) is 23.7 Å². The van der Waals surface area contributed by atoms with Crippen LogP contribution in [0.15, 0.2) is 24.3 Å². The summed E-state index contributed by atoms with van der Waals surface area (Å²) in [6.07, 6.45) is -4.25. The van der Waals surface area contributed by atoms with E-state index in [0.717, 1.165) is 12.1 Å². The smallest absolute Gasteiger partial charge is 0.416 e. The minimum absolute atomic E-state index is 0.0572. The number of nitrogens with one attached hydrogen (secondary N) is 2. The van der Waals surface area contributed by atoms with Crippen LogP contribution in [0.5, 0.6) is 0 Å². The number of amides is 3. The topological polar surface area (TPSA) is 128 Å². The molecule has 1 saturated heterocycles. The number of ether oxygens (including phenoxy) is 1. The number of nitrogens with zero attached hydrogens (tertiary/aromatic N) is 1. The molecule has 1 aromatic carbocycles. The molecule has 41 heavy (non-hydrogen) atoms. The van der Waals surface area contributed by atoms with Crippen molar-refractivity contribution in [3.8, 4) is 0 Å². The molecule has 1 aliphatic heterocycles. The predicted octanol–water partition coefficient (Wildman–Crippen LogP) is 3.94. The van der Waals surface area contributed by atoms with Crippen molar-refractivity contribution in [1.29, 1.82) is 0 Å². The first kappa shape index (κ1) is 31.1. The van der Waals surface area contributed by atoms with Gasteiger partial charge in [-0.05, 0) is 67.6 Å². The molecule has 0 aromatic heterocycles. The maximum atomic E-state index is 13.3. The van der Waals surface area contributed by atoms with E-state index in [2.05, 4.69) is 10.6 Å². The molecule has 2 aliphatic carbocycles. The molecule has 0 bridgehead atoms. The van der Waals surface area contributed by atoms with E-state index in [1.54, 1.807) is 4.90 Å². The lowest BCUT2D eigenvalue weighted by Crippen LogP contribution is -2.61. The van der Waals surface area contributed by atoms with Crippen LogP contribution >= 0.6 is 0 Å². The summed E-state index contributed by atoms with van der Waals surface area (Å²) >= 11 is 0. The lowest BCUT2D eigenvalue weighted by Gasteiger charge is -2.60. The zero-order chi connectivity index (χ0) is 30.2. The van der Waals surface area contributed by atoms with E-state index in [4.69, 9.17) is 4.74 Å². The second-order valence-electron chi connectivity index (χ2n) is 12.3. The van der Waals surface area contributed by atoms with Crippen LogP contribution in [0.3, 0.4) is 0 Å². The molecule has 3 aliphatic rings. The average Bonchev–Trinajstić information content (AvgIpc) is 3.35. The van der Waals surface area contributed by atoms with Gasteiger partial charge < -0.3 is 25.2 Å². The molecule has 4 rings (SSSR count). The number of carbonyl (C=O) groups is 3. The van der Waals surface area contributed by atoms with Crippen molar-refractivity contribution in [3.05, 3.63) is 29.8 Å². The summed E-state index contributed by atoms with van der Waals surface area (Å²) in [6.45, 7) is 5.93. The molecule has 0 unspecified atom stereocenters. The molecule has 12 heteroatoms. The molecule has 2 saturated carbocycles. The maximum absolute atomic E-state index is 13.3. The number of likely N-dealkylation sites (tertiary alicyclic amines) is 1. The predicted molar refractivity (Wildman–Crippen MR) is 144 cm³/mol. The Balaban J connectivity index is 1.46. The Morgan fingerprint density at radius 3 is 2.54 bits per heavy atom. The normalized spacial score (nSPS) is 33.6. The van der Waals surface area contributed by atoms with Gasteiger partial charge in [-0.3, -0.25) is 14.9 Å². The number of aliphatic hydroxyl groups is 2. The van der Waals surface area contributed by atoms with Gasteiger partial charge in [-0.1, -0.05) is 19.9 Å². The van der Waals surface area contributed by atoms with Crippen molar-refractivity contribution < 1.29 is 42.5 Å². The molecule has 3 fully saturated rings. The quantitative estimate of drug-likeness (QED) is 0.402. The van der Waals surface area contributed by atoms with Crippen LogP contribution in [0.2, 0.25) is 0 Å². The first-order valence-electron chi connectivity index (χ1n) is 14.2. The zero-order valence-electron chi connectivity index (χ0n) is 23.7. The molecule has 228 valence electrons. The second-order valence-corrected chi connectivity index (χ2v) is 12.3. The highest BCUT2D eigenvalue weighted by Crippen LogP contribution is 2.61. The third-order valence-electron chi connectivity index (χ3n) is 9.70. The van der Waals surface area contributed by atoms with Crippen LogP contribution in [0.1, 0.15) is 64.9 Å². The summed E-state index contributed by atoms with van der Waals surface area (Å²) in [5, 5.41) is 26.9. The summed E-state index contributed by atoms with van der Waals surface area (Å²) in [4.78, 5) is 39.2. The van der Waals surface area contributed by atoms with E-state index in [9.17, 15) is 37.8 Å². The number of anilines is 1. The third kappa shape index (κ3) is 6.48. The van der Waals surface area contributed by atoms with Crippen molar-refractivity contribution in [2.75, 3.05) is 25.0 Å². The van der Waals surface area contributed by atoms with Crippen molar-refractivity contribution >= 4 is 23.6 Å². The monoisotopic (exact) mass is 583 g/mol. The average molecular weight is 584 g/mol. The van der Waals surface area contributed by atoms with Crippen LogP contribution < -0.4 is 10.6 Å². The van der Waals surface area contributed by atoms with Gasteiger partial charge in [0, 0.05) is 43.6 Å². The number of benzene rings is 1. The lowest BCUT2D eigenvalue weighted by molar-refractivity contribution is -0.186. The summed E-state index contributed by atoms with van der Waals surface area (Å²) in [7, 11) is 0. The van der Waals surface area contributed by atoms with Gasteiger partial charge in [0.05, 0.1) is 18.3 Å². The van der Waals surface area contributed by atoms with Crippen molar-refractivity contribution in [1.82, 2.24) is 10.2 Å². The number of hydrogen-bond donors (Lipinski definition) is 4. The Labute approximate surface area is 237 Å². The summed E-state index contributed by atoms with van der Waals surface area (Å²) in [5.41, 5.74) is -2.38. The number of rotatable bonds is 6. The Kier molecular flexibility index (Phi) is 8.94. The fourth-order valence-corrected chi connectivity index (χ4v) is 7.54. The SMILES string of the molecule is CC(=O)N[C@H]1CCN(C(=O)C[C@@H]2[C@H](O)CC[C@@H]3[C@](C)(CO)[C@H](OC(=O)Nc4cccc(C(F)(F)F)c4)CC[C@]32C)C1. The van der Waals surface area contributed by atoms with Gasteiger partial charge >= 0.3 is 12.3 Å². The zero-order valence-corrected chi connectivity index (χ0v) is 23.7. The van der Waals surface area contributed by atoms with E-state index in [1.807, 2.05) is 13.8 Å². The highest BCUT2D eigenvalue weighted by Gasteiger charge is 2.60. The molecule has 0 radical (unpaired) electrons. The van der Waals surface area contributed by atoms with Gasteiger partial charge in [0.25, 0.3) is 0 Å².